The van der Waals surface area contributed by atoms with Crippen molar-refractivity contribution in [3.8, 4) is 33.4 Å². The summed E-state index contributed by atoms with van der Waals surface area (Å²) in [4.78, 5) is 2.36. The molecule has 2 nitrogen and oxygen atoms in total. The van der Waals surface area contributed by atoms with Crippen LogP contribution in [0, 0.1) is 0 Å². The number of hydrogen-bond acceptors (Lipinski definition) is 2. The molecular formula is C50H33NO. The normalized spacial score (nSPS) is 11.5. The standard InChI is InChI=1S/C50H33NO/c1-2-12-35(13-3-1)43-21-9-16-38-17-10-22-44(49(38)43)37-28-32-40(33-29-37)51(46-23-11-25-48-50(46)45-19-6-7-24-47(45)52-48)39-30-26-36(27-31-39)42-20-8-15-34-14-4-5-18-41(34)42/h1-33H. The van der Waals surface area contributed by atoms with Gasteiger partial charge in [0.1, 0.15) is 11.2 Å². The molecule has 2 heteroatoms. The number of para-hydroxylation sites is 1. The molecule has 10 rings (SSSR count). The van der Waals surface area contributed by atoms with Crippen molar-refractivity contribution in [2.45, 2.75) is 0 Å². The highest BCUT2D eigenvalue weighted by molar-refractivity contribution is 6.13. The first-order valence-corrected chi connectivity index (χ1v) is 17.8. The molecule has 0 saturated carbocycles. The number of nitrogens with zero attached hydrogens (tertiary/aromatic N) is 1. The molecule has 0 saturated heterocycles. The van der Waals surface area contributed by atoms with Crippen molar-refractivity contribution >= 4 is 60.5 Å². The summed E-state index contributed by atoms with van der Waals surface area (Å²) in [6, 6.07) is 71.7. The quantitative estimate of drug-likeness (QED) is 0.176. The molecule has 0 spiro atoms. The third kappa shape index (κ3) is 5.04. The van der Waals surface area contributed by atoms with Crippen LogP contribution in [-0.2, 0) is 0 Å². The van der Waals surface area contributed by atoms with Crippen molar-refractivity contribution in [3.63, 3.8) is 0 Å². The molecule has 0 aliphatic heterocycles. The van der Waals surface area contributed by atoms with E-state index in [1.807, 2.05) is 12.1 Å². The molecule has 0 aliphatic rings. The molecule has 1 aromatic heterocycles. The maximum absolute atomic E-state index is 6.37. The van der Waals surface area contributed by atoms with Crippen molar-refractivity contribution in [1.82, 2.24) is 0 Å². The zero-order chi connectivity index (χ0) is 34.4. The van der Waals surface area contributed by atoms with E-state index in [0.717, 1.165) is 39.0 Å². The lowest BCUT2D eigenvalue weighted by Crippen LogP contribution is -2.10. The number of hydrogen-bond donors (Lipinski definition) is 0. The Morgan fingerprint density at radius 3 is 1.52 bits per heavy atom. The monoisotopic (exact) mass is 663 g/mol. The van der Waals surface area contributed by atoms with Crippen LogP contribution in [0.15, 0.2) is 205 Å². The Hall–Kier alpha value is -6.90. The first kappa shape index (κ1) is 30.0. The van der Waals surface area contributed by atoms with Gasteiger partial charge in [0.05, 0.1) is 11.1 Å². The minimum Gasteiger partial charge on any atom is -0.456 e. The third-order valence-corrected chi connectivity index (χ3v) is 10.3. The van der Waals surface area contributed by atoms with Gasteiger partial charge in [-0.1, -0.05) is 158 Å². The predicted molar refractivity (Wildman–Crippen MR) is 220 cm³/mol. The molecule has 244 valence electrons. The van der Waals surface area contributed by atoms with Gasteiger partial charge in [-0.2, -0.15) is 0 Å². The lowest BCUT2D eigenvalue weighted by Gasteiger charge is -2.27. The first-order valence-electron chi connectivity index (χ1n) is 17.8. The maximum Gasteiger partial charge on any atom is 0.137 e. The second-order valence-electron chi connectivity index (χ2n) is 13.3. The summed E-state index contributed by atoms with van der Waals surface area (Å²) in [5.41, 5.74) is 12.3. The number of benzene rings is 9. The third-order valence-electron chi connectivity index (χ3n) is 10.3. The van der Waals surface area contributed by atoms with E-state index in [4.69, 9.17) is 4.42 Å². The summed E-state index contributed by atoms with van der Waals surface area (Å²) >= 11 is 0. The lowest BCUT2D eigenvalue weighted by molar-refractivity contribution is 0.669. The van der Waals surface area contributed by atoms with Crippen LogP contribution < -0.4 is 4.90 Å². The summed E-state index contributed by atoms with van der Waals surface area (Å²) < 4.78 is 6.37. The van der Waals surface area contributed by atoms with Crippen molar-refractivity contribution in [3.05, 3.63) is 200 Å². The second-order valence-corrected chi connectivity index (χ2v) is 13.3. The van der Waals surface area contributed by atoms with E-state index < -0.39 is 0 Å². The molecule has 0 N–H and O–H groups in total. The smallest absolute Gasteiger partial charge is 0.137 e. The molecule has 9 aromatic carbocycles. The molecule has 52 heavy (non-hydrogen) atoms. The van der Waals surface area contributed by atoms with Crippen LogP contribution in [0.5, 0.6) is 0 Å². The fourth-order valence-electron chi connectivity index (χ4n) is 7.87. The number of rotatable bonds is 6. The van der Waals surface area contributed by atoms with Crippen molar-refractivity contribution in [2.75, 3.05) is 4.90 Å². The maximum atomic E-state index is 6.37. The second kappa shape index (κ2) is 12.5. The van der Waals surface area contributed by atoms with Crippen LogP contribution in [0.1, 0.15) is 0 Å². The fourth-order valence-corrected chi connectivity index (χ4v) is 7.87. The minimum atomic E-state index is 0.872. The van der Waals surface area contributed by atoms with Gasteiger partial charge in [-0.3, -0.25) is 0 Å². The Morgan fingerprint density at radius 1 is 0.308 bits per heavy atom. The average molecular weight is 664 g/mol. The highest BCUT2D eigenvalue weighted by Crippen LogP contribution is 2.44. The molecule has 1 heterocycles. The van der Waals surface area contributed by atoms with Crippen LogP contribution in [0.3, 0.4) is 0 Å². The Kier molecular flexibility index (Phi) is 7.18. The van der Waals surface area contributed by atoms with Gasteiger partial charge in [0.2, 0.25) is 0 Å². The van der Waals surface area contributed by atoms with Crippen molar-refractivity contribution in [1.29, 1.82) is 0 Å². The van der Waals surface area contributed by atoms with Gasteiger partial charge >= 0.3 is 0 Å². The molecule has 0 unspecified atom stereocenters. The van der Waals surface area contributed by atoms with Gasteiger partial charge in [-0.15, -0.1) is 0 Å². The van der Waals surface area contributed by atoms with E-state index in [0.29, 0.717) is 0 Å². The molecule has 0 bridgehead atoms. The lowest BCUT2D eigenvalue weighted by atomic mass is 9.91. The topological polar surface area (TPSA) is 16.4 Å². The van der Waals surface area contributed by atoms with E-state index >= 15 is 0 Å². The summed E-state index contributed by atoms with van der Waals surface area (Å²) in [6.45, 7) is 0. The van der Waals surface area contributed by atoms with E-state index in [1.165, 1.54) is 54.9 Å². The largest absolute Gasteiger partial charge is 0.456 e. The predicted octanol–water partition coefficient (Wildman–Crippen LogP) is 14.4. The van der Waals surface area contributed by atoms with Crippen LogP contribution in [0.25, 0.3) is 76.9 Å². The van der Waals surface area contributed by atoms with Gasteiger partial charge in [-0.25, -0.2) is 0 Å². The van der Waals surface area contributed by atoms with Gasteiger partial charge in [0, 0.05) is 16.8 Å². The van der Waals surface area contributed by atoms with Crippen LogP contribution in [0.2, 0.25) is 0 Å². The highest BCUT2D eigenvalue weighted by Gasteiger charge is 2.20. The summed E-state index contributed by atoms with van der Waals surface area (Å²) in [5.74, 6) is 0. The fraction of sp³-hybridized carbons (Fsp3) is 0. The Labute approximate surface area is 302 Å². The van der Waals surface area contributed by atoms with E-state index in [9.17, 15) is 0 Å². The Morgan fingerprint density at radius 2 is 0.808 bits per heavy atom. The Balaban J connectivity index is 1.13. The van der Waals surface area contributed by atoms with Gasteiger partial charge in [0.25, 0.3) is 0 Å². The molecule has 10 aromatic rings. The van der Waals surface area contributed by atoms with Gasteiger partial charge in [-0.05, 0) is 97.4 Å². The van der Waals surface area contributed by atoms with E-state index in [-0.39, 0.29) is 0 Å². The zero-order valence-electron chi connectivity index (χ0n) is 28.4. The molecule has 0 amide bonds. The minimum absolute atomic E-state index is 0.872. The van der Waals surface area contributed by atoms with Crippen LogP contribution in [-0.4, -0.2) is 0 Å². The summed E-state index contributed by atoms with van der Waals surface area (Å²) in [7, 11) is 0. The zero-order valence-corrected chi connectivity index (χ0v) is 28.4. The van der Waals surface area contributed by atoms with Gasteiger partial charge in [0.15, 0.2) is 0 Å². The molecule has 0 fully saturated rings. The summed E-state index contributed by atoms with van der Waals surface area (Å²) in [6.07, 6.45) is 0. The molecule has 0 aliphatic carbocycles. The number of furan rings is 1. The molecule has 0 atom stereocenters. The number of fused-ring (bicyclic) bond motifs is 5. The van der Waals surface area contributed by atoms with Crippen LogP contribution in [0.4, 0.5) is 17.1 Å². The van der Waals surface area contributed by atoms with Crippen LogP contribution >= 0.6 is 0 Å². The molecular weight excluding hydrogens is 631 g/mol. The van der Waals surface area contributed by atoms with Crippen molar-refractivity contribution < 1.29 is 4.42 Å². The highest BCUT2D eigenvalue weighted by atomic mass is 16.3. The average Bonchev–Trinajstić information content (AvgIpc) is 3.61. The summed E-state index contributed by atoms with van der Waals surface area (Å²) in [5, 5.41) is 7.19. The SMILES string of the molecule is c1ccc(-c2cccc3cccc(-c4ccc(N(c5ccc(-c6cccc7ccccc67)cc5)c5cccc6oc7ccccc7c56)cc4)c23)cc1. The Bertz CT molecular complexity index is 2870. The van der Waals surface area contributed by atoms with Gasteiger partial charge < -0.3 is 9.32 Å². The molecule has 0 radical (unpaired) electrons. The number of anilines is 3. The van der Waals surface area contributed by atoms with E-state index in [1.54, 1.807) is 0 Å². The van der Waals surface area contributed by atoms with E-state index in [2.05, 4.69) is 193 Å². The first-order chi connectivity index (χ1) is 25.8. The van der Waals surface area contributed by atoms with Crippen molar-refractivity contribution in [2.24, 2.45) is 0 Å².